The quantitative estimate of drug-likeness (QED) is 0.0594. The van der Waals surface area contributed by atoms with Crippen molar-refractivity contribution in [2.75, 3.05) is 38.7 Å². The van der Waals surface area contributed by atoms with Gasteiger partial charge in [-0.05, 0) is 48.7 Å². The first-order chi connectivity index (χ1) is 22.0. The summed E-state index contributed by atoms with van der Waals surface area (Å²) in [5, 5.41) is 11.5. The van der Waals surface area contributed by atoms with E-state index in [9.17, 15) is 14.4 Å². The van der Waals surface area contributed by atoms with Crippen LogP contribution in [-0.2, 0) is 19.1 Å². The minimum absolute atomic E-state index is 0.0598. The monoisotopic (exact) mass is 622 g/mol. The summed E-state index contributed by atoms with van der Waals surface area (Å²) in [5.41, 5.74) is 1.51. The molecule has 0 aliphatic heterocycles. The maximum Gasteiger partial charge on any atom is 0.263 e. The molecule has 2 aromatic rings. The Kier molecular flexibility index (Phi) is 20.3. The molecule has 4 N–H and O–H groups in total. The Hall–Kier alpha value is -3.85. The molecule has 0 bridgehead atoms. The Morgan fingerprint density at radius 2 is 1.42 bits per heavy atom. The van der Waals surface area contributed by atoms with E-state index in [-0.39, 0.29) is 11.8 Å². The number of rotatable bonds is 25. The summed E-state index contributed by atoms with van der Waals surface area (Å²) in [6.45, 7) is 4.07. The van der Waals surface area contributed by atoms with E-state index in [0.717, 1.165) is 18.5 Å². The number of amides is 3. The van der Waals surface area contributed by atoms with Gasteiger partial charge < -0.3 is 30.7 Å². The average molecular weight is 623 g/mol. The Labute approximate surface area is 269 Å². The van der Waals surface area contributed by atoms with E-state index in [1.54, 1.807) is 37.5 Å². The molecule has 9 nitrogen and oxygen atoms in total. The largest absolute Gasteiger partial charge is 0.494 e. The van der Waals surface area contributed by atoms with Crippen molar-refractivity contribution in [1.29, 1.82) is 0 Å². The number of hydrogen-bond acceptors (Lipinski definition) is 6. The second-order valence-electron chi connectivity index (χ2n) is 11.1. The minimum Gasteiger partial charge on any atom is -0.494 e. The third-order valence-corrected chi connectivity index (χ3v) is 7.22. The van der Waals surface area contributed by atoms with Crippen LogP contribution in [0.2, 0.25) is 0 Å². The Bertz CT molecular complexity index is 1110. The topological polar surface area (TPSA) is 118 Å². The number of methoxy groups -OCH3 is 1. The van der Waals surface area contributed by atoms with Crippen molar-refractivity contribution < 1.29 is 23.9 Å². The summed E-state index contributed by atoms with van der Waals surface area (Å²) in [6.07, 6.45) is 15.9. The van der Waals surface area contributed by atoms with Crippen LogP contribution in [0, 0.1) is 0 Å². The highest BCUT2D eigenvalue weighted by Gasteiger charge is 2.19. The van der Waals surface area contributed by atoms with Crippen molar-refractivity contribution in [2.45, 2.75) is 90.1 Å². The number of anilines is 1. The number of benzene rings is 2. The molecule has 248 valence electrons. The van der Waals surface area contributed by atoms with Crippen molar-refractivity contribution in [1.82, 2.24) is 16.0 Å². The number of unbranched alkanes of at least 4 members (excludes halogenated alkanes) is 9. The van der Waals surface area contributed by atoms with E-state index in [2.05, 4.69) is 28.2 Å². The molecule has 2 rings (SSSR count). The predicted octanol–water partition coefficient (Wildman–Crippen LogP) is 6.21. The molecule has 0 saturated heterocycles. The third kappa shape index (κ3) is 18.5. The lowest BCUT2D eigenvalue weighted by Gasteiger charge is -2.20. The molecule has 1 atom stereocenters. The molecule has 0 aliphatic carbocycles. The smallest absolute Gasteiger partial charge is 0.263 e. The fourth-order valence-corrected chi connectivity index (χ4v) is 4.64. The molecule has 3 amide bonds. The molecule has 2 aromatic carbocycles. The summed E-state index contributed by atoms with van der Waals surface area (Å²) in [5.74, 6) is -0.0854. The van der Waals surface area contributed by atoms with Gasteiger partial charge in [0.2, 0.25) is 11.8 Å². The van der Waals surface area contributed by atoms with Crippen LogP contribution in [0.25, 0.3) is 6.08 Å². The van der Waals surface area contributed by atoms with Crippen LogP contribution in [-0.4, -0.2) is 57.3 Å². The first-order valence-corrected chi connectivity index (χ1v) is 16.6. The fourth-order valence-electron chi connectivity index (χ4n) is 4.64. The van der Waals surface area contributed by atoms with Crippen molar-refractivity contribution in [3.05, 3.63) is 66.2 Å². The zero-order valence-corrected chi connectivity index (χ0v) is 27.3. The fraction of sp³-hybridized carbons (Fsp3) is 0.528. The third-order valence-electron chi connectivity index (χ3n) is 7.22. The molecular weight excluding hydrogens is 568 g/mol. The van der Waals surface area contributed by atoms with E-state index in [1.807, 2.05) is 30.3 Å². The first-order valence-electron chi connectivity index (χ1n) is 16.6. The number of hydrogen-bond donors (Lipinski definition) is 4. The zero-order chi connectivity index (χ0) is 32.4. The van der Waals surface area contributed by atoms with Gasteiger partial charge in [0, 0.05) is 38.4 Å². The molecule has 9 heteroatoms. The molecule has 0 spiro atoms. The highest BCUT2D eigenvalue weighted by atomic mass is 16.5. The Balaban J connectivity index is 1.67. The van der Waals surface area contributed by atoms with Gasteiger partial charge >= 0.3 is 0 Å². The van der Waals surface area contributed by atoms with Gasteiger partial charge in [-0.2, -0.15) is 0 Å². The van der Waals surface area contributed by atoms with Crippen LogP contribution in [0.1, 0.15) is 89.5 Å². The minimum atomic E-state index is -1.000. The van der Waals surface area contributed by atoms with Crippen molar-refractivity contribution in [3.63, 3.8) is 0 Å². The van der Waals surface area contributed by atoms with E-state index < -0.39 is 12.1 Å². The van der Waals surface area contributed by atoms with Gasteiger partial charge in [-0.15, -0.1) is 0 Å². The number of carbonyl (C=O) groups is 3. The molecule has 1 unspecified atom stereocenters. The summed E-state index contributed by atoms with van der Waals surface area (Å²) in [4.78, 5) is 37.5. The molecule has 0 saturated carbocycles. The lowest BCUT2D eigenvalue weighted by molar-refractivity contribution is -0.126. The van der Waals surface area contributed by atoms with Crippen LogP contribution in [0.5, 0.6) is 5.75 Å². The SMILES string of the molecule is CCCCCCCCCCCCNC(=O)CCCOc1ccc(NC(NC(=O)C=Cc2ccccc2)C(=O)NCCOC)cc1. The standard InChI is InChI=1S/C36H54N4O5/c1-3-4-5-6-7-8-9-10-11-15-26-37-33(41)19-16-28-45-32-23-21-31(22-24-32)39-35(36(43)38-27-29-44-2)40-34(42)25-20-30-17-13-12-14-18-30/h12-14,17-18,20-25,35,39H,3-11,15-16,19,26-29H2,1-2H3,(H,37,41)(H,38,43)(H,40,42). The van der Waals surface area contributed by atoms with Crippen LogP contribution in [0.3, 0.4) is 0 Å². The van der Waals surface area contributed by atoms with Crippen molar-refractivity contribution in [3.8, 4) is 5.75 Å². The van der Waals surface area contributed by atoms with Gasteiger partial charge in [0.25, 0.3) is 5.91 Å². The summed E-state index contributed by atoms with van der Waals surface area (Å²) >= 11 is 0. The zero-order valence-electron chi connectivity index (χ0n) is 27.3. The van der Waals surface area contributed by atoms with Gasteiger partial charge in [-0.1, -0.05) is 95.0 Å². The molecule has 0 aromatic heterocycles. The van der Waals surface area contributed by atoms with E-state index >= 15 is 0 Å². The van der Waals surface area contributed by atoms with Crippen molar-refractivity contribution in [2.24, 2.45) is 0 Å². The number of nitrogens with one attached hydrogen (secondary N) is 4. The molecule has 0 aliphatic rings. The normalized spacial score (nSPS) is 11.6. The second kappa shape index (κ2) is 24.5. The summed E-state index contributed by atoms with van der Waals surface area (Å²) in [6, 6.07) is 16.6. The Morgan fingerprint density at radius 1 is 0.756 bits per heavy atom. The predicted molar refractivity (Wildman–Crippen MR) is 182 cm³/mol. The maximum atomic E-state index is 12.8. The van der Waals surface area contributed by atoms with Crippen LogP contribution >= 0.6 is 0 Å². The van der Waals surface area contributed by atoms with Crippen LogP contribution < -0.4 is 26.0 Å². The first kappa shape index (κ1) is 37.3. The molecular formula is C36H54N4O5. The molecule has 45 heavy (non-hydrogen) atoms. The van der Waals surface area contributed by atoms with E-state index in [1.165, 1.54) is 63.9 Å². The highest BCUT2D eigenvalue weighted by molar-refractivity contribution is 5.96. The maximum absolute atomic E-state index is 12.8. The van der Waals surface area contributed by atoms with Gasteiger partial charge in [-0.3, -0.25) is 14.4 Å². The van der Waals surface area contributed by atoms with Gasteiger partial charge in [0.05, 0.1) is 13.2 Å². The summed E-state index contributed by atoms with van der Waals surface area (Å²) in [7, 11) is 1.55. The average Bonchev–Trinajstić information content (AvgIpc) is 3.05. The number of carbonyl (C=O) groups excluding carboxylic acids is 3. The van der Waals surface area contributed by atoms with Crippen LogP contribution in [0.4, 0.5) is 5.69 Å². The Morgan fingerprint density at radius 3 is 2.09 bits per heavy atom. The molecule has 0 fully saturated rings. The van der Waals surface area contributed by atoms with Gasteiger partial charge in [0.1, 0.15) is 5.75 Å². The lowest BCUT2D eigenvalue weighted by atomic mass is 10.1. The van der Waals surface area contributed by atoms with Gasteiger partial charge in [0.15, 0.2) is 6.17 Å². The summed E-state index contributed by atoms with van der Waals surface area (Å²) < 4.78 is 10.8. The highest BCUT2D eigenvalue weighted by Crippen LogP contribution is 2.17. The van der Waals surface area contributed by atoms with Crippen molar-refractivity contribution >= 4 is 29.5 Å². The molecule has 0 heterocycles. The van der Waals surface area contributed by atoms with Crippen LogP contribution in [0.15, 0.2) is 60.7 Å². The molecule has 0 radical (unpaired) electrons. The van der Waals surface area contributed by atoms with Gasteiger partial charge in [-0.25, -0.2) is 0 Å². The lowest BCUT2D eigenvalue weighted by Crippen LogP contribution is -2.51. The van der Waals surface area contributed by atoms with E-state index in [4.69, 9.17) is 9.47 Å². The second-order valence-corrected chi connectivity index (χ2v) is 11.1. The van der Waals surface area contributed by atoms with E-state index in [0.29, 0.717) is 44.0 Å². The number of ether oxygens (including phenoxy) is 2.